The van der Waals surface area contributed by atoms with Gasteiger partial charge in [-0.3, -0.25) is 4.79 Å². The highest BCUT2D eigenvalue weighted by atomic mass is 35.5. The molecular weight excluding hydrogens is 267 g/mol. The summed E-state index contributed by atoms with van der Waals surface area (Å²) in [5.74, 6) is 0.109. The van der Waals surface area contributed by atoms with Crippen LogP contribution in [0.15, 0.2) is 24.4 Å². The summed E-state index contributed by atoms with van der Waals surface area (Å²) in [7, 11) is 0. The quantitative estimate of drug-likeness (QED) is 0.809. The number of nitrogens with zero attached hydrogens (tertiary/aromatic N) is 2. The minimum atomic E-state index is -0.377. The van der Waals surface area contributed by atoms with Gasteiger partial charge in [0.25, 0.3) is 0 Å². The molecule has 0 spiro atoms. The molecule has 2 aromatic rings. The topological polar surface area (TPSA) is 42.9 Å². The van der Waals surface area contributed by atoms with Gasteiger partial charge in [-0.15, -0.1) is 0 Å². The van der Waals surface area contributed by atoms with Gasteiger partial charge in [-0.25, -0.2) is 14.4 Å². The van der Waals surface area contributed by atoms with Crippen molar-refractivity contribution in [2.75, 3.05) is 0 Å². The van der Waals surface area contributed by atoms with Crippen molar-refractivity contribution in [2.24, 2.45) is 0 Å². The summed E-state index contributed by atoms with van der Waals surface area (Å²) in [6, 6.07) is 4.21. The van der Waals surface area contributed by atoms with Crippen molar-refractivity contribution in [3.8, 4) is 0 Å². The zero-order valence-electron chi connectivity index (χ0n) is 10.6. The molecule has 0 aliphatic rings. The van der Waals surface area contributed by atoms with Crippen LogP contribution in [0.25, 0.3) is 0 Å². The summed E-state index contributed by atoms with van der Waals surface area (Å²) in [5.41, 5.74) is 1.89. The van der Waals surface area contributed by atoms with Crippen LogP contribution in [0, 0.1) is 12.7 Å². The first kappa shape index (κ1) is 13.6. The number of halogens is 2. The Morgan fingerprint density at radius 3 is 2.74 bits per heavy atom. The fourth-order valence-electron chi connectivity index (χ4n) is 1.78. The summed E-state index contributed by atoms with van der Waals surface area (Å²) in [6.07, 6.45) is 1.91. The van der Waals surface area contributed by atoms with Gasteiger partial charge in [-0.1, -0.05) is 17.7 Å². The SMILES string of the molecule is CC(=O)c1cnc(Cc2ccc(F)cc2Cl)nc1C. The van der Waals surface area contributed by atoms with Gasteiger partial charge in [0.2, 0.25) is 0 Å². The molecule has 1 heterocycles. The maximum absolute atomic E-state index is 12.9. The lowest BCUT2D eigenvalue weighted by atomic mass is 10.1. The molecule has 0 unspecified atom stereocenters. The fraction of sp³-hybridized carbons (Fsp3) is 0.214. The lowest BCUT2D eigenvalue weighted by molar-refractivity contribution is 0.101. The standard InChI is InChI=1S/C14H12ClFN2O/c1-8-12(9(2)19)7-17-14(18-8)5-10-3-4-11(16)6-13(10)15/h3-4,6-7H,5H2,1-2H3. The molecule has 98 valence electrons. The Bertz CT molecular complexity index is 643. The van der Waals surface area contributed by atoms with Gasteiger partial charge in [0.05, 0.1) is 11.3 Å². The van der Waals surface area contributed by atoms with Crippen LogP contribution in [0.3, 0.4) is 0 Å². The van der Waals surface area contributed by atoms with Gasteiger partial charge in [0.15, 0.2) is 5.78 Å². The zero-order chi connectivity index (χ0) is 14.0. The summed E-state index contributed by atoms with van der Waals surface area (Å²) in [5, 5.41) is 0.344. The van der Waals surface area contributed by atoms with E-state index in [1.807, 2.05) is 0 Å². The Balaban J connectivity index is 2.29. The first-order chi connectivity index (χ1) is 8.97. The molecule has 0 bridgehead atoms. The minimum Gasteiger partial charge on any atom is -0.294 e. The van der Waals surface area contributed by atoms with E-state index in [4.69, 9.17) is 11.6 Å². The average molecular weight is 279 g/mol. The van der Waals surface area contributed by atoms with Gasteiger partial charge in [0.1, 0.15) is 11.6 Å². The lowest BCUT2D eigenvalue weighted by Gasteiger charge is -2.06. The predicted molar refractivity (Wildman–Crippen MR) is 71.0 cm³/mol. The third kappa shape index (κ3) is 3.15. The second-order valence-electron chi connectivity index (χ2n) is 4.25. The molecule has 0 aliphatic carbocycles. The Labute approximate surface area is 115 Å². The summed E-state index contributed by atoms with van der Waals surface area (Å²) < 4.78 is 12.9. The van der Waals surface area contributed by atoms with Crippen LogP contribution < -0.4 is 0 Å². The highest BCUT2D eigenvalue weighted by molar-refractivity contribution is 6.31. The second-order valence-corrected chi connectivity index (χ2v) is 4.66. The van der Waals surface area contributed by atoms with Crippen LogP contribution in [0.1, 0.15) is 34.4 Å². The number of hydrogen-bond acceptors (Lipinski definition) is 3. The van der Waals surface area contributed by atoms with Gasteiger partial charge < -0.3 is 0 Å². The minimum absolute atomic E-state index is 0.0659. The second kappa shape index (κ2) is 5.45. The Morgan fingerprint density at radius 1 is 1.42 bits per heavy atom. The number of benzene rings is 1. The Kier molecular flexibility index (Phi) is 3.90. The van der Waals surface area contributed by atoms with Crippen molar-refractivity contribution < 1.29 is 9.18 Å². The number of aromatic nitrogens is 2. The number of carbonyl (C=O) groups is 1. The Hall–Kier alpha value is -1.81. The third-order valence-corrected chi connectivity index (χ3v) is 3.12. The number of aryl methyl sites for hydroxylation is 1. The van der Waals surface area contributed by atoms with Crippen LogP contribution >= 0.6 is 11.6 Å². The summed E-state index contributed by atoms with van der Waals surface area (Å²) in [4.78, 5) is 19.7. The van der Waals surface area contributed by atoms with Crippen molar-refractivity contribution in [1.82, 2.24) is 9.97 Å². The van der Waals surface area contributed by atoms with Gasteiger partial charge in [-0.05, 0) is 31.5 Å². The predicted octanol–water partition coefficient (Wildman–Crippen LogP) is 3.37. The van der Waals surface area contributed by atoms with E-state index >= 15 is 0 Å². The van der Waals surface area contributed by atoms with E-state index in [2.05, 4.69) is 9.97 Å². The number of carbonyl (C=O) groups excluding carboxylic acids is 1. The number of rotatable bonds is 3. The van der Waals surface area contributed by atoms with E-state index in [1.165, 1.54) is 25.3 Å². The highest BCUT2D eigenvalue weighted by Gasteiger charge is 2.09. The van der Waals surface area contributed by atoms with Crippen LogP contribution in [0.5, 0.6) is 0 Å². The largest absolute Gasteiger partial charge is 0.294 e. The molecule has 0 aliphatic heterocycles. The number of Topliss-reactive ketones (excluding diaryl/α,β-unsaturated/α-hetero) is 1. The van der Waals surface area contributed by atoms with Crippen molar-refractivity contribution in [3.63, 3.8) is 0 Å². The van der Waals surface area contributed by atoms with E-state index in [0.29, 0.717) is 28.5 Å². The van der Waals surface area contributed by atoms with Crippen molar-refractivity contribution in [2.45, 2.75) is 20.3 Å². The van der Waals surface area contributed by atoms with Crippen molar-refractivity contribution >= 4 is 17.4 Å². The monoisotopic (exact) mass is 278 g/mol. The molecule has 0 saturated heterocycles. The molecule has 1 aromatic carbocycles. The van der Waals surface area contributed by atoms with E-state index in [9.17, 15) is 9.18 Å². The van der Waals surface area contributed by atoms with Crippen LogP contribution in [0.4, 0.5) is 4.39 Å². The summed E-state index contributed by atoms with van der Waals surface area (Å²) >= 11 is 5.95. The molecule has 1 aromatic heterocycles. The van der Waals surface area contributed by atoms with Crippen molar-refractivity contribution in [3.05, 3.63) is 57.9 Å². The molecule has 0 fully saturated rings. The number of hydrogen-bond donors (Lipinski definition) is 0. The molecule has 0 saturated carbocycles. The Morgan fingerprint density at radius 2 is 2.16 bits per heavy atom. The van der Waals surface area contributed by atoms with E-state index in [1.54, 1.807) is 13.0 Å². The van der Waals surface area contributed by atoms with Gasteiger partial charge in [0, 0.05) is 17.6 Å². The molecule has 0 radical (unpaired) electrons. The van der Waals surface area contributed by atoms with Crippen LogP contribution in [0.2, 0.25) is 5.02 Å². The molecule has 5 heteroatoms. The van der Waals surface area contributed by atoms with Crippen molar-refractivity contribution in [1.29, 1.82) is 0 Å². The average Bonchev–Trinajstić information content (AvgIpc) is 2.32. The van der Waals surface area contributed by atoms with Crippen LogP contribution in [-0.4, -0.2) is 15.8 Å². The number of ketones is 1. The lowest BCUT2D eigenvalue weighted by Crippen LogP contribution is -2.05. The molecule has 19 heavy (non-hydrogen) atoms. The van der Waals surface area contributed by atoms with Gasteiger partial charge >= 0.3 is 0 Å². The maximum atomic E-state index is 12.9. The third-order valence-electron chi connectivity index (χ3n) is 2.77. The molecule has 3 nitrogen and oxygen atoms in total. The molecular formula is C14H12ClFN2O. The first-order valence-corrected chi connectivity index (χ1v) is 6.12. The van der Waals surface area contributed by atoms with E-state index in [-0.39, 0.29) is 11.6 Å². The zero-order valence-corrected chi connectivity index (χ0v) is 11.3. The summed E-state index contributed by atoms with van der Waals surface area (Å²) in [6.45, 7) is 3.23. The smallest absolute Gasteiger partial charge is 0.163 e. The normalized spacial score (nSPS) is 10.5. The van der Waals surface area contributed by atoms with Crippen LogP contribution in [-0.2, 0) is 6.42 Å². The van der Waals surface area contributed by atoms with E-state index < -0.39 is 0 Å². The van der Waals surface area contributed by atoms with Gasteiger partial charge in [-0.2, -0.15) is 0 Å². The fourth-order valence-corrected chi connectivity index (χ4v) is 2.02. The highest BCUT2D eigenvalue weighted by Crippen LogP contribution is 2.19. The molecule has 0 atom stereocenters. The first-order valence-electron chi connectivity index (χ1n) is 5.74. The molecule has 0 N–H and O–H groups in total. The van der Waals surface area contributed by atoms with E-state index in [0.717, 1.165) is 5.56 Å². The molecule has 2 rings (SSSR count). The maximum Gasteiger partial charge on any atom is 0.163 e. The molecule has 0 amide bonds.